The molecule has 3 aromatic heterocycles. The van der Waals surface area contributed by atoms with E-state index in [0.29, 0.717) is 7.25 Å². The normalized spacial score (nSPS) is 16.1. The quantitative estimate of drug-likeness (QED) is 0.225. The first kappa shape index (κ1) is 30.6. The zero-order valence-corrected chi connectivity index (χ0v) is 30.5. The molecule has 0 saturated heterocycles. The number of thiophene rings is 1. The molecule has 4 bridgehead atoms. The maximum absolute atomic E-state index is 6.43. The van der Waals surface area contributed by atoms with E-state index in [-0.39, 0.29) is 24.8 Å². The fourth-order valence-corrected chi connectivity index (χ4v) is 14.9. The predicted molar refractivity (Wildman–Crippen MR) is 173 cm³/mol. The van der Waals surface area contributed by atoms with Crippen molar-refractivity contribution in [1.82, 2.24) is 4.57 Å². The van der Waals surface area contributed by atoms with Gasteiger partial charge in [-0.15, -0.1) is 0 Å². The Balaban J connectivity index is 0.00000158. The van der Waals surface area contributed by atoms with Crippen LogP contribution in [-0.4, -0.2) is 4.57 Å². The van der Waals surface area contributed by atoms with E-state index >= 15 is 0 Å². The van der Waals surface area contributed by atoms with Crippen molar-refractivity contribution in [1.29, 1.82) is 0 Å². The largest absolute Gasteiger partial charge is 1.00 e. The smallest absolute Gasteiger partial charge is 1.00 e. The minimum absolute atomic E-state index is 0. The van der Waals surface area contributed by atoms with Crippen LogP contribution in [-0.2, 0) is 23.2 Å². The molecule has 0 amide bonds. The summed E-state index contributed by atoms with van der Waals surface area (Å²) in [5.41, 5.74) is 10.9. The Labute approximate surface area is 294 Å². The maximum Gasteiger partial charge on any atom is -1.00 e. The van der Waals surface area contributed by atoms with Crippen molar-refractivity contribution in [3.8, 4) is 5.00 Å². The monoisotopic (exact) mass is 827 g/mol. The van der Waals surface area contributed by atoms with Gasteiger partial charge in [0.05, 0.1) is 0 Å². The Hall–Kier alpha value is -1.43. The zero-order valence-electron chi connectivity index (χ0n) is 21.8. The summed E-state index contributed by atoms with van der Waals surface area (Å²) < 4.78 is 6.43. The summed E-state index contributed by atoms with van der Waals surface area (Å²) in [6.45, 7) is 0. The number of halogens is 5. The molecule has 7 aromatic rings. The van der Waals surface area contributed by atoms with E-state index < -0.39 is 23.2 Å². The molecule has 206 valence electrons. The molecule has 0 N–H and O–H groups in total. The molecule has 3 heterocycles. The van der Waals surface area contributed by atoms with Crippen LogP contribution in [0.15, 0.2) is 112 Å². The number of hydrogen-bond acceptors (Lipinski definition) is 1. The molecule has 1 nitrogen and oxygen atoms in total. The number of aromatic nitrogens is 1. The van der Waals surface area contributed by atoms with Gasteiger partial charge in [-0.05, 0) is 0 Å². The third kappa shape index (κ3) is 4.98. The second kappa shape index (κ2) is 12.2. The van der Waals surface area contributed by atoms with Crippen LogP contribution in [0, 0.1) is 0 Å². The van der Waals surface area contributed by atoms with E-state index in [2.05, 4.69) is 140 Å². The first-order valence-electron chi connectivity index (χ1n) is 13.1. The van der Waals surface area contributed by atoms with Crippen molar-refractivity contribution in [2.75, 3.05) is 0 Å². The first-order chi connectivity index (χ1) is 19.6. The molecule has 0 aliphatic heterocycles. The molecule has 8 heteroatoms. The predicted octanol–water partition coefficient (Wildman–Crippen LogP) is 5.37. The van der Waals surface area contributed by atoms with Gasteiger partial charge in [0.15, 0.2) is 0 Å². The molecule has 0 fully saturated rings. The van der Waals surface area contributed by atoms with Gasteiger partial charge in [0.2, 0.25) is 0 Å². The second-order valence-corrected chi connectivity index (χ2v) is 17.3. The van der Waals surface area contributed by atoms with E-state index in [4.69, 9.17) is 11.6 Å². The molecule has 42 heavy (non-hydrogen) atoms. The third-order valence-electron chi connectivity index (χ3n) is 8.03. The molecule has 2 unspecified atom stereocenters. The van der Waals surface area contributed by atoms with Crippen molar-refractivity contribution in [3.05, 3.63) is 144 Å². The summed E-state index contributed by atoms with van der Waals surface area (Å²) in [5.74, 6) is 0. The summed E-state index contributed by atoms with van der Waals surface area (Å²) >= 11 is 14.8. The van der Waals surface area contributed by atoms with E-state index in [9.17, 15) is 0 Å². The Morgan fingerprint density at radius 1 is 0.738 bits per heavy atom. The summed E-state index contributed by atoms with van der Waals surface area (Å²) in [4.78, 5) is 0. The zero-order chi connectivity index (χ0) is 27.0. The van der Waals surface area contributed by atoms with Crippen molar-refractivity contribution < 1.29 is 48.0 Å². The van der Waals surface area contributed by atoms with Gasteiger partial charge in [0.25, 0.3) is 0 Å². The van der Waals surface area contributed by atoms with Gasteiger partial charge < -0.3 is 24.8 Å². The molecule has 2 aliphatic carbocycles. The van der Waals surface area contributed by atoms with E-state index in [1.807, 2.05) is 6.07 Å². The maximum atomic E-state index is 6.43. The molecular formula is C34H20Br2Cl3NSZr. The minimum atomic E-state index is -1.18. The van der Waals surface area contributed by atoms with Gasteiger partial charge >= 0.3 is 273 Å². The van der Waals surface area contributed by atoms with Gasteiger partial charge in [0.1, 0.15) is 0 Å². The number of allylic oxidation sites excluding steroid dienone is 1. The molecule has 0 spiro atoms. The van der Waals surface area contributed by atoms with Crippen molar-refractivity contribution in [3.63, 3.8) is 0 Å². The van der Waals surface area contributed by atoms with Crippen molar-refractivity contribution >= 4 is 88.3 Å². The minimum Gasteiger partial charge on any atom is -1.00 e. The number of benzene rings is 4. The number of fused-ring (bicyclic) bond motifs is 3. The summed E-state index contributed by atoms with van der Waals surface area (Å²) in [6, 6.07) is 37.9. The standard InChI is InChI=1S/C19H10BrClNS.C15H10Br.2ClH.Zr/c20-16-5-6-17-15-10-12(9-14(15)16)11-1-3-13(4-2-11)22(17)19-8-7-18(21)23-19;16-15-8-4-7-12-9-13(10-14(12)15)11-5-2-1-3-6-11;;;/h1-10H;1-10H;2*1H;/q;;;;+2/p-2. The van der Waals surface area contributed by atoms with E-state index in [1.54, 1.807) is 11.3 Å². The van der Waals surface area contributed by atoms with Crippen molar-refractivity contribution in [2.24, 2.45) is 0 Å². The fraction of sp³-hybridized carbons (Fsp3) is 0.0588. The third-order valence-corrected chi connectivity index (χ3v) is 15.2. The number of hydrogen-bond donors (Lipinski definition) is 0. The number of rotatable bonds is 4. The summed E-state index contributed by atoms with van der Waals surface area (Å²) in [5, 5.41) is 3.79. The molecular weight excluding hydrogens is 812 g/mol. The second-order valence-electron chi connectivity index (χ2n) is 10.2. The molecule has 2 aliphatic rings. The summed E-state index contributed by atoms with van der Waals surface area (Å²) in [7, 11) is 0. The van der Waals surface area contributed by atoms with Crippen LogP contribution >= 0.6 is 54.8 Å². The Morgan fingerprint density at radius 3 is 2.24 bits per heavy atom. The van der Waals surface area contributed by atoms with E-state index in [1.165, 1.54) is 58.6 Å². The first-order valence-corrected chi connectivity index (χ1v) is 18.7. The van der Waals surface area contributed by atoms with Crippen LogP contribution < -0.4 is 24.8 Å². The van der Waals surface area contributed by atoms with Gasteiger partial charge in [-0.25, -0.2) is 0 Å². The molecule has 2 atom stereocenters. The van der Waals surface area contributed by atoms with Gasteiger partial charge in [-0.1, -0.05) is 0 Å². The van der Waals surface area contributed by atoms with Gasteiger partial charge in [-0.2, -0.15) is 0 Å². The Bertz CT molecular complexity index is 2030. The van der Waals surface area contributed by atoms with Crippen LogP contribution in [0.4, 0.5) is 0 Å². The SMILES string of the molecule is Clc1ccc(-n2c3ccc(cc3)c3cc4c(c(Br)ccc42)[CH]3[Zr+2][CH]2C(c3ccccc3)=Cc3cccc(Br)c32)s1.[Cl-].[Cl-]. The molecule has 0 radical (unpaired) electrons. The van der Waals surface area contributed by atoms with Gasteiger partial charge in [0, 0.05) is 0 Å². The van der Waals surface area contributed by atoms with Crippen LogP contribution in [0.1, 0.15) is 35.1 Å². The van der Waals surface area contributed by atoms with Crippen LogP contribution in [0.2, 0.25) is 4.34 Å². The molecule has 0 saturated carbocycles. The Morgan fingerprint density at radius 2 is 1.50 bits per heavy atom. The Kier molecular flexibility index (Phi) is 8.86. The fourth-order valence-electron chi connectivity index (χ4n) is 6.28. The molecule has 9 rings (SSSR count). The average Bonchev–Trinajstić information content (AvgIpc) is 3.69. The average molecular weight is 832 g/mol. The van der Waals surface area contributed by atoms with Crippen LogP contribution in [0.25, 0.3) is 38.5 Å². The van der Waals surface area contributed by atoms with Crippen molar-refractivity contribution in [2.45, 2.75) is 7.25 Å². The summed E-state index contributed by atoms with van der Waals surface area (Å²) in [6.07, 6.45) is 2.44. The topological polar surface area (TPSA) is 4.93 Å². The molecule has 4 aromatic carbocycles. The van der Waals surface area contributed by atoms with Crippen LogP contribution in [0.3, 0.4) is 0 Å². The number of nitrogens with zero attached hydrogens (tertiary/aromatic N) is 1. The van der Waals surface area contributed by atoms with Crippen LogP contribution in [0.5, 0.6) is 0 Å². The van der Waals surface area contributed by atoms with E-state index in [0.717, 1.165) is 14.9 Å². The van der Waals surface area contributed by atoms with Gasteiger partial charge in [-0.3, -0.25) is 0 Å².